The van der Waals surface area contributed by atoms with Gasteiger partial charge in [-0.1, -0.05) is 43.2 Å². The quantitative estimate of drug-likeness (QED) is 0.923. The molecule has 1 saturated heterocycles. The number of anilines is 2. The lowest BCUT2D eigenvalue weighted by Gasteiger charge is -2.22. The van der Waals surface area contributed by atoms with Gasteiger partial charge in [-0.2, -0.15) is 4.98 Å². The third-order valence-corrected chi connectivity index (χ3v) is 4.62. The molecule has 2 aromatic rings. The first-order chi connectivity index (χ1) is 11.4. The van der Waals surface area contributed by atoms with Crippen LogP contribution >= 0.6 is 0 Å². The van der Waals surface area contributed by atoms with Crippen molar-refractivity contribution in [2.75, 3.05) is 23.3 Å². The fraction of sp³-hybridized carbons (Fsp3) is 0.474. The maximum Gasteiger partial charge on any atom is 0.225 e. The molecule has 1 aliphatic carbocycles. The summed E-state index contributed by atoms with van der Waals surface area (Å²) in [5, 5.41) is 3.47. The topological polar surface area (TPSA) is 41.1 Å². The van der Waals surface area contributed by atoms with Crippen LogP contribution in [0, 0.1) is 0 Å². The van der Waals surface area contributed by atoms with E-state index in [1.807, 2.05) is 6.07 Å². The number of hydrogen-bond donors (Lipinski definition) is 1. The van der Waals surface area contributed by atoms with Crippen molar-refractivity contribution < 1.29 is 0 Å². The fourth-order valence-electron chi connectivity index (χ4n) is 3.13. The maximum atomic E-state index is 4.81. The average Bonchev–Trinajstić information content (AvgIpc) is 3.42. The molecule has 1 aliphatic heterocycles. The summed E-state index contributed by atoms with van der Waals surface area (Å²) >= 11 is 0. The van der Waals surface area contributed by atoms with Crippen molar-refractivity contribution in [3.05, 3.63) is 36.4 Å². The van der Waals surface area contributed by atoms with E-state index in [2.05, 4.69) is 40.5 Å². The van der Waals surface area contributed by atoms with Crippen LogP contribution in [-0.4, -0.2) is 29.1 Å². The van der Waals surface area contributed by atoms with Gasteiger partial charge < -0.3 is 10.2 Å². The molecule has 2 fully saturated rings. The lowest BCUT2D eigenvalue weighted by Crippen LogP contribution is -2.25. The first-order valence-electron chi connectivity index (χ1n) is 8.84. The normalized spacial score (nSPS) is 18.5. The lowest BCUT2D eigenvalue weighted by atomic mass is 10.1. The molecule has 2 heterocycles. The first kappa shape index (κ1) is 14.5. The van der Waals surface area contributed by atoms with E-state index < -0.39 is 0 Å². The smallest absolute Gasteiger partial charge is 0.225 e. The van der Waals surface area contributed by atoms with E-state index in [0.717, 1.165) is 36.1 Å². The molecule has 4 nitrogen and oxygen atoms in total. The molecule has 1 aromatic heterocycles. The second-order valence-electron chi connectivity index (χ2n) is 6.62. The highest BCUT2D eigenvalue weighted by Gasteiger charge is 2.23. The second kappa shape index (κ2) is 6.57. The molecule has 0 unspecified atom stereocenters. The van der Waals surface area contributed by atoms with Gasteiger partial charge in [0.15, 0.2) is 0 Å². The van der Waals surface area contributed by atoms with Gasteiger partial charge in [-0.05, 0) is 25.7 Å². The van der Waals surface area contributed by atoms with E-state index in [4.69, 9.17) is 9.97 Å². The first-order valence-corrected chi connectivity index (χ1v) is 8.84. The zero-order valence-corrected chi connectivity index (χ0v) is 13.5. The van der Waals surface area contributed by atoms with Crippen LogP contribution in [0.4, 0.5) is 11.8 Å². The maximum absolute atomic E-state index is 4.81. The summed E-state index contributed by atoms with van der Waals surface area (Å²) in [6, 6.07) is 13.1. The molecule has 0 atom stereocenters. The van der Waals surface area contributed by atoms with Gasteiger partial charge in [0.25, 0.3) is 0 Å². The van der Waals surface area contributed by atoms with Crippen LogP contribution in [0.5, 0.6) is 0 Å². The molecule has 1 saturated carbocycles. The van der Waals surface area contributed by atoms with Crippen LogP contribution in [0.15, 0.2) is 36.4 Å². The Morgan fingerprint density at radius 2 is 1.65 bits per heavy atom. The molecule has 4 heteroatoms. The van der Waals surface area contributed by atoms with Crippen molar-refractivity contribution in [3.63, 3.8) is 0 Å². The standard InChI is InChI=1S/C19H24N4/c1-2-7-13-23(12-6-1)18-14-17(15-8-4-3-5-9-15)21-19(22-18)20-16-10-11-16/h3-5,8-9,14,16H,1-2,6-7,10-13H2,(H,20,21,22). The van der Waals surface area contributed by atoms with E-state index in [-0.39, 0.29) is 0 Å². The molecule has 1 aromatic carbocycles. The monoisotopic (exact) mass is 308 g/mol. The van der Waals surface area contributed by atoms with Gasteiger partial charge in [-0.15, -0.1) is 0 Å². The van der Waals surface area contributed by atoms with Crippen molar-refractivity contribution in [1.82, 2.24) is 9.97 Å². The third kappa shape index (κ3) is 3.63. The summed E-state index contributed by atoms with van der Waals surface area (Å²) in [6.07, 6.45) is 7.66. The van der Waals surface area contributed by atoms with Crippen LogP contribution in [0.2, 0.25) is 0 Å². The number of rotatable bonds is 4. The minimum absolute atomic E-state index is 0.568. The Morgan fingerprint density at radius 1 is 0.913 bits per heavy atom. The van der Waals surface area contributed by atoms with E-state index >= 15 is 0 Å². The highest BCUT2D eigenvalue weighted by Crippen LogP contribution is 2.28. The van der Waals surface area contributed by atoms with Crippen molar-refractivity contribution >= 4 is 11.8 Å². The van der Waals surface area contributed by atoms with Gasteiger partial charge in [0.1, 0.15) is 5.82 Å². The second-order valence-corrected chi connectivity index (χ2v) is 6.62. The molecule has 0 radical (unpaired) electrons. The molecule has 0 spiro atoms. The van der Waals surface area contributed by atoms with Crippen molar-refractivity contribution in [2.24, 2.45) is 0 Å². The van der Waals surface area contributed by atoms with Gasteiger partial charge in [-0.3, -0.25) is 0 Å². The summed E-state index contributed by atoms with van der Waals surface area (Å²) in [5.41, 5.74) is 2.17. The Balaban J connectivity index is 1.68. The molecule has 2 aliphatic rings. The summed E-state index contributed by atoms with van der Waals surface area (Å²) in [7, 11) is 0. The molecular weight excluding hydrogens is 284 g/mol. The zero-order chi connectivity index (χ0) is 15.5. The minimum Gasteiger partial charge on any atom is -0.356 e. The molecule has 1 N–H and O–H groups in total. The van der Waals surface area contributed by atoms with Crippen LogP contribution in [0.1, 0.15) is 38.5 Å². The highest BCUT2D eigenvalue weighted by atomic mass is 15.2. The molecule has 23 heavy (non-hydrogen) atoms. The number of nitrogens with zero attached hydrogens (tertiary/aromatic N) is 3. The van der Waals surface area contributed by atoms with Crippen LogP contribution in [0.3, 0.4) is 0 Å². The summed E-state index contributed by atoms with van der Waals surface area (Å²) < 4.78 is 0. The van der Waals surface area contributed by atoms with E-state index in [9.17, 15) is 0 Å². The van der Waals surface area contributed by atoms with Crippen LogP contribution < -0.4 is 10.2 Å². The summed E-state index contributed by atoms with van der Waals surface area (Å²) in [5.74, 6) is 1.86. The van der Waals surface area contributed by atoms with Gasteiger partial charge in [0.05, 0.1) is 5.69 Å². The number of benzene rings is 1. The van der Waals surface area contributed by atoms with Gasteiger partial charge in [-0.25, -0.2) is 4.98 Å². The Morgan fingerprint density at radius 3 is 2.35 bits per heavy atom. The predicted octanol–water partition coefficient (Wildman–Crippen LogP) is 4.10. The number of hydrogen-bond acceptors (Lipinski definition) is 4. The molecular formula is C19H24N4. The Labute approximate surface area is 138 Å². The zero-order valence-electron chi connectivity index (χ0n) is 13.5. The van der Waals surface area contributed by atoms with Crippen LogP contribution in [0.25, 0.3) is 11.3 Å². The Hall–Kier alpha value is -2.10. The van der Waals surface area contributed by atoms with Crippen molar-refractivity contribution in [2.45, 2.75) is 44.6 Å². The number of nitrogens with one attached hydrogen (secondary N) is 1. The van der Waals surface area contributed by atoms with E-state index in [1.54, 1.807) is 0 Å². The molecule has 4 rings (SSSR count). The number of aromatic nitrogens is 2. The van der Waals surface area contributed by atoms with Gasteiger partial charge in [0.2, 0.25) is 5.95 Å². The largest absolute Gasteiger partial charge is 0.356 e. The highest BCUT2D eigenvalue weighted by molar-refractivity contribution is 5.65. The van der Waals surface area contributed by atoms with Crippen molar-refractivity contribution in [1.29, 1.82) is 0 Å². The molecule has 120 valence electrons. The van der Waals surface area contributed by atoms with E-state index in [1.165, 1.54) is 38.5 Å². The lowest BCUT2D eigenvalue weighted by molar-refractivity contribution is 0.726. The molecule has 0 bridgehead atoms. The third-order valence-electron chi connectivity index (χ3n) is 4.62. The molecule has 0 amide bonds. The van der Waals surface area contributed by atoms with Gasteiger partial charge in [0, 0.05) is 30.8 Å². The van der Waals surface area contributed by atoms with Crippen LogP contribution in [-0.2, 0) is 0 Å². The minimum atomic E-state index is 0.568. The van der Waals surface area contributed by atoms with E-state index in [0.29, 0.717) is 6.04 Å². The summed E-state index contributed by atoms with van der Waals surface area (Å²) in [6.45, 7) is 2.21. The SMILES string of the molecule is c1ccc(-c2cc(N3CCCCCC3)nc(NC3CC3)n2)cc1. The summed E-state index contributed by atoms with van der Waals surface area (Å²) in [4.78, 5) is 12.0. The Kier molecular flexibility index (Phi) is 4.14. The fourth-order valence-corrected chi connectivity index (χ4v) is 3.13. The van der Waals surface area contributed by atoms with Crippen molar-refractivity contribution in [3.8, 4) is 11.3 Å². The predicted molar refractivity (Wildman–Crippen MR) is 94.8 cm³/mol. The van der Waals surface area contributed by atoms with Gasteiger partial charge >= 0.3 is 0 Å². The average molecular weight is 308 g/mol. The Bertz CT molecular complexity index is 644.